The molecule has 0 aliphatic heterocycles. The minimum atomic E-state index is 0.637. The molecule has 0 bridgehead atoms. The highest BCUT2D eigenvalue weighted by atomic mass is 14.9. The maximum Gasteiger partial charge on any atom is 0.000517 e. The van der Waals surface area contributed by atoms with Crippen LogP contribution in [0.3, 0.4) is 0 Å². The Morgan fingerprint density at radius 1 is 1.15 bits per heavy atom. The first-order chi connectivity index (χ1) is 6.27. The molecule has 0 spiro atoms. The predicted octanol–water partition coefficient (Wildman–Crippen LogP) is 1.77. The van der Waals surface area contributed by atoms with E-state index in [-0.39, 0.29) is 0 Å². The largest absolute Gasteiger partial charge is 0.317 e. The summed E-state index contributed by atoms with van der Waals surface area (Å²) in [6, 6.07) is 0. The zero-order chi connectivity index (χ0) is 9.57. The van der Waals surface area contributed by atoms with Crippen LogP contribution in [0.4, 0.5) is 0 Å². The average molecular weight is 184 g/mol. The Morgan fingerprint density at radius 2 is 1.85 bits per heavy atom. The van der Waals surface area contributed by atoms with E-state index in [1.54, 1.807) is 0 Å². The molecule has 1 saturated carbocycles. The van der Waals surface area contributed by atoms with Crippen molar-refractivity contribution < 1.29 is 0 Å². The second kappa shape index (κ2) is 5.61. The molecular weight excluding hydrogens is 160 g/mol. The number of hydrogen-bond acceptors (Lipinski definition) is 2. The van der Waals surface area contributed by atoms with Crippen LogP contribution in [0.1, 0.15) is 39.5 Å². The molecule has 0 aromatic rings. The highest BCUT2D eigenvalue weighted by molar-refractivity contribution is 4.84. The van der Waals surface area contributed by atoms with Gasteiger partial charge in [-0.15, -0.1) is 0 Å². The molecule has 0 aromatic heterocycles. The monoisotopic (exact) mass is 184 g/mol. The first-order valence-corrected chi connectivity index (χ1v) is 5.68. The van der Waals surface area contributed by atoms with E-state index in [0.717, 1.165) is 13.1 Å². The van der Waals surface area contributed by atoms with E-state index in [9.17, 15) is 0 Å². The quantitative estimate of drug-likeness (QED) is 0.589. The molecule has 2 nitrogen and oxygen atoms in total. The van der Waals surface area contributed by atoms with Crippen LogP contribution in [0.2, 0.25) is 0 Å². The molecule has 2 N–H and O–H groups in total. The van der Waals surface area contributed by atoms with E-state index in [1.165, 1.54) is 38.8 Å². The molecule has 1 fully saturated rings. The van der Waals surface area contributed by atoms with Crippen molar-refractivity contribution in [2.24, 2.45) is 5.41 Å². The van der Waals surface area contributed by atoms with E-state index >= 15 is 0 Å². The Morgan fingerprint density at radius 3 is 2.38 bits per heavy atom. The Hall–Kier alpha value is -0.0800. The molecule has 0 unspecified atom stereocenters. The van der Waals surface area contributed by atoms with E-state index in [4.69, 9.17) is 0 Å². The van der Waals surface area contributed by atoms with Crippen LogP contribution in [-0.4, -0.2) is 26.2 Å². The summed E-state index contributed by atoms with van der Waals surface area (Å²) in [5, 5.41) is 6.88. The molecule has 1 aliphatic rings. The lowest BCUT2D eigenvalue weighted by molar-refractivity contribution is 0.157. The van der Waals surface area contributed by atoms with Gasteiger partial charge in [-0.25, -0.2) is 0 Å². The molecule has 2 heteroatoms. The van der Waals surface area contributed by atoms with Gasteiger partial charge in [-0.3, -0.25) is 0 Å². The lowest BCUT2D eigenvalue weighted by atomic mass is 9.70. The Kier molecular flexibility index (Phi) is 4.74. The zero-order valence-corrected chi connectivity index (χ0v) is 9.16. The number of rotatable bonds is 7. The minimum absolute atomic E-state index is 0.637. The third kappa shape index (κ3) is 4.10. The van der Waals surface area contributed by atoms with Gasteiger partial charge >= 0.3 is 0 Å². The molecule has 1 rings (SSSR count). The van der Waals surface area contributed by atoms with E-state index in [0.29, 0.717) is 5.41 Å². The lowest BCUT2D eigenvalue weighted by Gasteiger charge is -2.38. The van der Waals surface area contributed by atoms with Gasteiger partial charge in [-0.1, -0.05) is 20.3 Å². The second-order valence-electron chi connectivity index (χ2n) is 4.55. The zero-order valence-electron chi connectivity index (χ0n) is 9.16. The fourth-order valence-corrected chi connectivity index (χ4v) is 1.86. The van der Waals surface area contributed by atoms with Gasteiger partial charge in [0.25, 0.3) is 0 Å². The molecule has 0 heterocycles. The van der Waals surface area contributed by atoms with Crippen molar-refractivity contribution >= 4 is 0 Å². The molecule has 0 amide bonds. The van der Waals surface area contributed by atoms with Crippen molar-refractivity contribution in [2.45, 2.75) is 39.5 Å². The second-order valence-corrected chi connectivity index (χ2v) is 4.55. The van der Waals surface area contributed by atoms with Crippen molar-refractivity contribution in [3.05, 3.63) is 0 Å². The van der Waals surface area contributed by atoms with Crippen LogP contribution in [0.15, 0.2) is 0 Å². The van der Waals surface area contributed by atoms with Crippen molar-refractivity contribution in [2.75, 3.05) is 26.2 Å². The number of hydrogen-bond donors (Lipinski definition) is 2. The Bertz CT molecular complexity index is 130. The van der Waals surface area contributed by atoms with E-state index in [1.807, 2.05) is 0 Å². The van der Waals surface area contributed by atoms with Crippen molar-refractivity contribution in [1.82, 2.24) is 10.6 Å². The van der Waals surface area contributed by atoms with Crippen LogP contribution < -0.4 is 10.6 Å². The highest BCUT2D eigenvalue weighted by Gasteiger charge is 2.30. The van der Waals surface area contributed by atoms with Gasteiger partial charge < -0.3 is 10.6 Å². The van der Waals surface area contributed by atoms with Crippen molar-refractivity contribution in [3.8, 4) is 0 Å². The SMILES string of the molecule is CCNCCCNCC1(C)CCC1. The van der Waals surface area contributed by atoms with Crippen LogP contribution in [0.25, 0.3) is 0 Å². The molecule has 0 saturated heterocycles. The van der Waals surface area contributed by atoms with Crippen LogP contribution in [0.5, 0.6) is 0 Å². The molecule has 13 heavy (non-hydrogen) atoms. The summed E-state index contributed by atoms with van der Waals surface area (Å²) in [5.74, 6) is 0. The van der Waals surface area contributed by atoms with Crippen LogP contribution in [0, 0.1) is 5.41 Å². The van der Waals surface area contributed by atoms with E-state index < -0.39 is 0 Å². The summed E-state index contributed by atoms with van der Waals surface area (Å²) >= 11 is 0. The van der Waals surface area contributed by atoms with Crippen molar-refractivity contribution in [1.29, 1.82) is 0 Å². The Labute approximate surface area is 82.5 Å². The van der Waals surface area contributed by atoms with Gasteiger partial charge in [0.15, 0.2) is 0 Å². The fourth-order valence-electron chi connectivity index (χ4n) is 1.86. The fraction of sp³-hybridized carbons (Fsp3) is 1.00. The standard InChI is InChI=1S/C11H24N2/c1-3-12-8-5-9-13-10-11(2)6-4-7-11/h12-13H,3-10H2,1-2H3. The van der Waals surface area contributed by atoms with Gasteiger partial charge in [-0.2, -0.15) is 0 Å². The average Bonchev–Trinajstić information content (AvgIpc) is 2.08. The Balaban J connectivity index is 1.83. The van der Waals surface area contributed by atoms with Gasteiger partial charge in [0, 0.05) is 6.54 Å². The summed E-state index contributed by atoms with van der Waals surface area (Å²) in [5.41, 5.74) is 0.637. The first kappa shape index (κ1) is 11.0. The predicted molar refractivity (Wildman–Crippen MR) is 58.0 cm³/mol. The summed E-state index contributed by atoms with van der Waals surface area (Å²) in [7, 11) is 0. The van der Waals surface area contributed by atoms with E-state index in [2.05, 4.69) is 24.5 Å². The molecule has 78 valence electrons. The lowest BCUT2D eigenvalue weighted by Crippen LogP contribution is -2.38. The summed E-state index contributed by atoms with van der Waals surface area (Å²) in [6.07, 6.45) is 5.54. The molecule has 0 aromatic carbocycles. The van der Waals surface area contributed by atoms with Gasteiger partial charge in [0.1, 0.15) is 0 Å². The summed E-state index contributed by atoms with van der Waals surface area (Å²) in [6.45, 7) is 9.19. The third-order valence-electron chi connectivity index (χ3n) is 3.07. The van der Waals surface area contributed by atoms with Gasteiger partial charge in [0.2, 0.25) is 0 Å². The molecule has 1 aliphatic carbocycles. The van der Waals surface area contributed by atoms with Crippen molar-refractivity contribution in [3.63, 3.8) is 0 Å². The third-order valence-corrected chi connectivity index (χ3v) is 3.07. The normalized spacial score (nSPS) is 19.8. The summed E-state index contributed by atoms with van der Waals surface area (Å²) < 4.78 is 0. The molecule has 0 radical (unpaired) electrons. The maximum atomic E-state index is 3.55. The number of nitrogens with one attached hydrogen (secondary N) is 2. The summed E-state index contributed by atoms with van der Waals surface area (Å²) in [4.78, 5) is 0. The first-order valence-electron chi connectivity index (χ1n) is 5.68. The van der Waals surface area contributed by atoms with Crippen LogP contribution >= 0.6 is 0 Å². The minimum Gasteiger partial charge on any atom is -0.317 e. The topological polar surface area (TPSA) is 24.1 Å². The van der Waals surface area contributed by atoms with Gasteiger partial charge in [0.05, 0.1) is 0 Å². The molecule has 0 atom stereocenters. The highest BCUT2D eigenvalue weighted by Crippen LogP contribution is 2.39. The molecular formula is C11H24N2. The maximum absolute atomic E-state index is 3.55. The van der Waals surface area contributed by atoms with Gasteiger partial charge in [-0.05, 0) is 44.3 Å². The smallest absolute Gasteiger partial charge is 0.000517 e. The van der Waals surface area contributed by atoms with Crippen LogP contribution in [-0.2, 0) is 0 Å².